The summed E-state index contributed by atoms with van der Waals surface area (Å²) in [5.41, 5.74) is 2.49. The van der Waals surface area contributed by atoms with Crippen LogP contribution in [-0.2, 0) is 10.0 Å². The monoisotopic (exact) mass is 315 g/mol. The fraction of sp³-hybridized carbons (Fsp3) is 0.125. The Hall–Kier alpha value is -2.05. The second-order valence-corrected chi connectivity index (χ2v) is 6.79. The van der Waals surface area contributed by atoms with Gasteiger partial charge in [-0.2, -0.15) is 4.72 Å². The van der Waals surface area contributed by atoms with Crippen LogP contribution in [0, 0.1) is 31.1 Å². The van der Waals surface area contributed by atoms with E-state index in [1.165, 1.54) is 11.3 Å². The number of nitrogens with one attached hydrogen (secondary N) is 1. The molecule has 0 aliphatic rings. The van der Waals surface area contributed by atoms with Crippen molar-refractivity contribution in [2.45, 2.75) is 11.8 Å². The van der Waals surface area contributed by atoms with Crippen LogP contribution in [0.3, 0.4) is 0 Å². The van der Waals surface area contributed by atoms with Gasteiger partial charge in [0.25, 0.3) is 0 Å². The molecule has 0 aliphatic carbocycles. The lowest BCUT2D eigenvalue weighted by Gasteiger charge is -2.03. The molecule has 3 nitrogen and oxygen atoms in total. The third kappa shape index (κ3) is 3.96. The highest BCUT2D eigenvalue weighted by atomic mass is 32.2. The maximum absolute atomic E-state index is 12.0. The quantitative estimate of drug-likeness (QED) is 0.884. The molecule has 2 aromatic rings. The summed E-state index contributed by atoms with van der Waals surface area (Å²) in [5.74, 6) is 8.17. The lowest BCUT2D eigenvalue weighted by molar-refractivity contribution is 0.586. The molecule has 0 aliphatic heterocycles. The first-order chi connectivity index (χ1) is 10.0. The van der Waals surface area contributed by atoms with E-state index in [2.05, 4.69) is 22.5 Å². The molecule has 0 saturated carbocycles. The minimum absolute atomic E-state index is 0.0378. The number of thiophene rings is 1. The van der Waals surface area contributed by atoms with Crippen molar-refractivity contribution in [3.8, 4) is 24.2 Å². The van der Waals surface area contributed by atoms with Gasteiger partial charge in [-0.15, -0.1) is 17.8 Å². The first-order valence-corrected chi connectivity index (χ1v) is 8.53. The molecule has 1 aromatic carbocycles. The lowest BCUT2D eigenvalue weighted by Crippen LogP contribution is -2.23. The van der Waals surface area contributed by atoms with Crippen LogP contribution in [0.15, 0.2) is 39.9 Å². The Labute approximate surface area is 129 Å². The molecule has 0 spiro atoms. The van der Waals surface area contributed by atoms with Crippen molar-refractivity contribution < 1.29 is 8.42 Å². The van der Waals surface area contributed by atoms with Gasteiger partial charge >= 0.3 is 0 Å². The van der Waals surface area contributed by atoms with Crippen molar-refractivity contribution in [1.29, 1.82) is 0 Å². The Morgan fingerprint density at radius 1 is 1.19 bits per heavy atom. The molecule has 5 heteroatoms. The zero-order valence-electron chi connectivity index (χ0n) is 11.4. The average Bonchev–Trinajstić information content (AvgIpc) is 2.91. The van der Waals surface area contributed by atoms with Gasteiger partial charge in [0.2, 0.25) is 10.0 Å². The van der Waals surface area contributed by atoms with E-state index < -0.39 is 10.0 Å². The Bertz CT molecular complexity index is 829. The van der Waals surface area contributed by atoms with Gasteiger partial charge in [-0.05, 0) is 19.1 Å². The molecule has 2 rings (SSSR count). The van der Waals surface area contributed by atoms with Crippen LogP contribution in [0.1, 0.15) is 16.7 Å². The first-order valence-electron chi connectivity index (χ1n) is 6.11. The van der Waals surface area contributed by atoms with E-state index in [9.17, 15) is 8.42 Å². The second-order valence-electron chi connectivity index (χ2n) is 4.28. The zero-order chi connectivity index (χ0) is 15.3. The maximum Gasteiger partial charge on any atom is 0.241 e. The van der Waals surface area contributed by atoms with Crippen molar-refractivity contribution in [3.63, 3.8) is 0 Å². The Balaban J connectivity index is 2.04. The molecule has 1 N–H and O–H groups in total. The van der Waals surface area contributed by atoms with Gasteiger partial charge in [0.1, 0.15) is 0 Å². The van der Waals surface area contributed by atoms with Gasteiger partial charge in [0.05, 0.1) is 22.6 Å². The molecule has 1 aromatic heterocycles. The fourth-order valence-corrected chi connectivity index (χ4v) is 3.22. The van der Waals surface area contributed by atoms with Crippen molar-refractivity contribution in [3.05, 3.63) is 51.7 Å². The third-order valence-corrected chi connectivity index (χ3v) is 4.88. The molecular weight excluding hydrogens is 302 g/mol. The van der Waals surface area contributed by atoms with Gasteiger partial charge in [-0.3, -0.25) is 0 Å². The highest BCUT2D eigenvalue weighted by molar-refractivity contribution is 7.89. The predicted octanol–water partition coefficient (Wildman–Crippen LogP) is 2.37. The van der Waals surface area contributed by atoms with Crippen LogP contribution in [0.4, 0.5) is 0 Å². The van der Waals surface area contributed by atoms with Gasteiger partial charge in [-0.1, -0.05) is 35.5 Å². The maximum atomic E-state index is 12.0. The van der Waals surface area contributed by atoms with E-state index in [0.29, 0.717) is 0 Å². The number of aryl methyl sites for hydroxylation is 1. The van der Waals surface area contributed by atoms with Crippen LogP contribution < -0.4 is 4.72 Å². The highest BCUT2D eigenvalue weighted by Gasteiger charge is 2.11. The number of hydrogen-bond donors (Lipinski definition) is 1. The number of hydrogen-bond acceptors (Lipinski definition) is 3. The standard InChI is InChI=1S/C16H13NO2S2/c1-3-14-11-20-12-15(14)5-4-10-17-21(18,19)16-8-6-13(2)7-9-16/h1,6-9,11-12,17H,10H2,2H3. The van der Waals surface area contributed by atoms with Crippen molar-refractivity contribution >= 4 is 21.4 Å². The summed E-state index contributed by atoms with van der Waals surface area (Å²) in [6.07, 6.45) is 5.33. The van der Waals surface area contributed by atoms with Crippen LogP contribution in [0.2, 0.25) is 0 Å². The summed E-state index contributed by atoms with van der Waals surface area (Å²) in [7, 11) is -3.52. The van der Waals surface area contributed by atoms with E-state index in [0.717, 1.165) is 16.7 Å². The minimum Gasteiger partial charge on any atom is -0.207 e. The molecule has 0 atom stereocenters. The highest BCUT2D eigenvalue weighted by Crippen LogP contribution is 2.12. The normalized spacial score (nSPS) is 10.5. The smallest absolute Gasteiger partial charge is 0.207 e. The van der Waals surface area contributed by atoms with E-state index >= 15 is 0 Å². The van der Waals surface area contributed by atoms with Gasteiger partial charge in [-0.25, -0.2) is 8.42 Å². The molecule has 0 radical (unpaired) electrons. The Morgan fingerprint density at radius 3 is 2.52 bits per heavy atom. The summed E-state index contributed by atoms with van der Waals surface area (Å²) in [5, 5.41) is 3.68. The fourth-order valence-electron chi connectivity index (χ4n) is 1.58. The van der Waals surface area contributed by atoms with Crippen LogP contribution in [-0.4, -0.2) is 15.0 Å². The van der Waals surface area contributed by atoms with Crippen LogP contribution >= 0.6 is 11.3 Å². The number of terminal acetylenes is 1. The summed E-state index contributed by atoms with van der Waals surface area (Å²) < 4.78 is 26.5. The largest absolute Gasteiger partial charge is 0.241 e. The average molecular weight is 315 g/mol. The third-order valence-electron chi connectivity index (χ3n) is 2.72. The van der Waals surface area contributed by atoms with E-state index in [4.69, 9.17) is 6.42 Å². The van der Waals surface area contributed by atoms with Crippen molar-refractivity contribution in [2.24, 2.45) is 0 Å². The van der Waals surface area contributed by atoms with Crippen molar-refractivity contribution in [2.75, 3.05) is 6.54 Å². The summed E-state index contributed by atoms with van der Waals surface area (Å²) in [4.78, 5) is 0.231. The molecule has 0 amide bonds. The molecule has 106 valence electrons. The predicted molar refractivity (Wildman–Crippen MR) is 85.5 cm³/mol. The van der Waals surface area contributed by atoms with Gasteiger partial charge in [0, 0.05) is 10.8 Å². The molecule has 0 unspecified atom stereocenters. The van der Waals surface area contributed by atoms with Gasteiger partial charge < -0.3 is 0 Å². The molecule has 1 heterocycles. The van der Waals surface area contributed by atoms with E-state index in [1.807, 2.05) is 17.7 Å². The summed E-state index contributed by atoms with van der Waals surface area (Å²) >= 11 is 1.47. The molecule has 21 heavy (non-hydrogen) atoms. The molecule has 0 saturated heterocycles. The topological polar surface area (TPSA) is 46.2 Å². The Kier molecular flexibility index (Phi) is 4.82. The van der Waals surface area contributed by atoms with E-state index in [1.54, 1.807) is 24.3 Å². The van der Waals surface area contributed by atoms with Gasteiger partial charge in [0.15, 0.2) is 0 Å². The Morgan fingerprint density at radius 2 is 1.86 bits per heavy atom. The number of sulfonamides is 1. The van der Waals surface area contributed by atoms with Crippen LogP contribution in [0.5, 0.6) is 0 Å². The number of benzene rings is 1. The van der Waals surface area contributed by atoms with Crippen molar-refractivity contribution in [1.82, 2.24) is 4.72 Å². The first kappa shape index (κ1) is 15.3. The second kappa shape index (κ2) is 6.60. The minimum atomic E-state index is -3.52. The van der Waals surface area contributed by atoms with E-state index in [-0.39, 0.29) is 11.4 Å². The summed E-state index contributed by atoms with van der Waals surface area (Å²) in [6.45, 7) is 1.94. The summed E-state index contributed by atoms with van der Waals surface area (Å²) in [6, 6.07) is 6.65. The lowest BCUT2D eigenvalue weighted by atomic mass is 10.2. The zero-order valence-corrected chi connectivity index (χ0v) is 13.0. The number of rotatable bonds is 3. The molecule has 0 bridgehead atoms. The SMILES string of the molecule is C#Cc1cscc1C#CCNS(=O)(=O)c1ccc(C)cc1. The molecular formula is C16H13NO2S2. The van der Waals surface area contributed by atoms with Crippen LogP contribution in [0.25, 0.3) is 0 Å². The molecule has 0 fully saturated rings.